The molecule has 1 amide bonds. The summed E-state index contributed by atoms with van der Waals surface area (Å²) in [5, 5.41) is 9.18. The summed E-state index contributed by atoms with van der Waals surface area (Å²) in [5.41, 5.74) is 0.719. The Bertz CT molecular complexity index is 603. The number of ether oxygens (including phenoxy) is 3. The zero-order valence-corrected chi connectivity index (χ0v) is 16.1. The van der Waals surface area contributed by atoms with Crippen LogP contribution >= 0.6 is 0 Å². The summed E-state index contributed by atoms with van der Waals surface area (Å²) >= 11 is 0. The molecule has 2 rings (SSSR count). The molecule has 3 N–H and O–H groups in total. The van der Waals surface area contributed by atoms with Gasteiger partial charge in [-0.15, -0.1) is 0 Å². The van der Waals surface area contributed by atoms with Crippen LogP contribution in [0.5, 0.6) is 5.75 Å². The highest BCUT2D eigenvalue weighted by Crippen LogP contribution is 2.17. The molecule has 0 aromatic heterocycles. The minimum absolute atomic E-state index is 0.106. The van der Waals surface area contributed by atoms with Crippen molar-refractivity contribution in [1.82, 2.24) is 10.6 Å². The van der Waals surface area contributed by atoms with Gasteiger partial charge in [-0.2, -0.15) is 0 Å². The predicted molar refractivity (Wildman–Crippen MR) is 105 cm³/mol. The lowest BCUT2D eigenvalue weighted by molar-refractivity contribution is -0.114. The maximum absolute atomic E-state index is 11.1. The zero-order valence-electron chi connectivity index (χ0n) is 16.1. The number of carbonyl (C=O) groups excluding carboxylic acids is 1. The third-order valence-corrected chi connectivity index (χ3v) is 3.90. The molecular formula is C19H30N4O4. The Morgan fingerprint density at radius 1 is 1.30 bits per heavy atom. The molecule has 1 aliphatic rings. The van der Waals surface area contributed by atoms with Crippen molar-refractivity contribution in [3.05, 3.63) is 24.3 Å². The molecule has 1 aromatic carbocycles. The van der Waals surface area contributed by atoms with Crippen molar-refractivity contribution >= 4 is 17.6 Å². The van der Waals surface area contributed by atoms with Crippen LogP contribution in [0.3, 0.4) is 0 Å². The number of nitrogens with zero attached hydrogens (tertiary/aromatic N) is 1. The normalized spacial score (nSPS) is 16.8. The number of nitrogens with one attached hydrogen (secondary N) is 3. The van der Waals surface area contributed by atoms with Crippen molar-refractivity contribution in [2.45, 2.75) is 25.9 Å². The molecule has 1 aliphatic heterocycles. The summed E-state index contributed by atoms with van der Waals surface area (Å²) in [7, 11) is 1.74. The third-order valence-electron chi connectivity index (χ3n) is 3.90. The van der Waals surface area contributed by atoms with E-state index in [1.165, 1.54) is 6.92 Å². The number of guanidine groups is 1. The second kappa shape index (κ2) is 12.1. The third kappa shape index (κ3) is 8.74. The van der Waals surface area contributed by atoms with Crippen LogP contribution in [0.4, 0.5) is 5.69 Å². The van der Waals surface area contributed by atoms with Crippen LogP contribution in [0.2, 0.25) is 0 Å². The van der Waals surface area contributed by atoms with E-state index in [0.29, 0.717) is 32.1 Å². The van der Waals surface area contributed by atoms with Crippen molar-refractivity contribution < 1.29 is 19.0 Å². The number of hydrogen-bond acceptors (Lipinski definition) is 5. The van der Waals surface area contributed by atoms with Crippen molar-refractivity contribution in [3.63, 3.8) is 0 Å². The van der Waals surface area contributed by atoms with Gasteiger partial charge in [0.2, 0.25) is 5.91 Å². The Kier molecular flexibility index (Phi) is 9.43. The second-order valence-corrected chi connectivity index (χ2v) is 6.19. The van der Waals surface area contributed by atoms with Crippen LogP contribution in [0.15, 0.2) is 29.3 Å². The molecule has 1 heterocycles. The Morgan fingerprint density at radius 2 is 2.15 bits per heavy atom. The van der Waals surface area contributed by atoms with E-state index in [-0.39, 0.29) is 12.0 Å². The first-order valence-electron chi connectivity index (χ1n) is 9.31. The molecule has 1 saturated heterocycles. The lowest BCUT2D eigenvalue weighted by atomic mass is 10.3. The quantitative estimate of drug-likeness (QED) is 0.324. The van der Waals surface area contributed by atoms with Gasteiger partial charge in [0.15, 0.2) is 5.96 Å². The molecule has 1 fully saturated rings. The van der Waals surface area contributed by atoms with Crippen LogP contribution in [0.1, 0.15) is 19.8 Å². The Morgan fingerprint density at radius 3 is 2.89 bits per heavy atom. The molecular weight excluding hydrogens is 348 g/mol. The smallest absolute Gasteiger partial charge is 0.221 e. The van der Waals surface area contributed by atoms with E-state index in [1.54, 1.807) is 13.1 Å². The Labute approximate surface area is 160 Å². The number of aliphatic imine (C=N–C) groups is 1. The summed E-state index contributed by atoms with van der Waals surface area (Å²) in [4.78, 5) is 15.3. The minimum atomic E-state index is -0.106. The lowest BCUT2D eigenvalue weighted by Crippen LogP contribution is -2.40. The highest BCUT2D eigenvalue weighted by atomic mass is 16.5. The number of anilines is 1. The van der Waals surface area contributed by atoms with Crippen LogP contribution in [-0.4, -0.2) is 64.5 Å². The predicted octanol–water partition coefficient (Wildman–Crippen LogP) is 1.38. The van der Waals surface area contributed by atoms with Gasteiger partial charge in [-0.1, -0.05) is 6.07 Å². The minimum Gasteiger partial charge on any atom is -0.492 e. The fourth-order valence-electron chi connectivity index (χ4n) is 2.60. The van der Waals surface area contributed by atoms with Gasteiger partial charge in [0.1, 0.15) is 12.4 Å². The van der Waals surface area contributed by atoms with Crippen molar-refractivity contribution in [2.75, 3.05) is 51.9 Å². The summed E-state index contributed by atoms with van der Waals surface area (Å²) in [6.07, 6.45) is 2.15. The SMILES string of the molecule is CN=C(NCCCOC1CCOC1)NCCOc1cccc(NC(C)=O)c1. The molecule has 27 heavy (non-hydrogen) atoms. The first-order chi connectivity index (χ1) is 13.2. The van der Waals surface area contributed by atoms with Crippen molar-refractivity contribution in [3.8, 4) is 5.75 Å². The van der Waals surface area contributed by atoms with Crippen LogP contribution < -0.4 is 20.7 Å². The number of hydrogen-bond donors (Lipinski definition) is 3. The summed E-state index contributed by atoms with van der Waals surface area (Å²) in [6.45, 7) is 5.59. The molecule has 1 atom stereocenters. The summed E-state index contributed by atoms with van der Waals surface area (Å²) in [5.74, 6) is 1.33. The molecule has 0 spiro atoms. The van der Waals surface area contributed by atoms with Gasteiger partial charge >= 0.3 is 0 Å². The highest BCUT2D eigenvalue weighted by Gasteiger charge is 2.15. The Hall–Kier alpha value is -2.32. The average Bonchev–Trinajstić information content (AvgIpc) is 3.16. The van der Waals surface area contributed by atoms with E-state index in [0.717, 1.165) is 37.6 Å². The second-order valence-electron chi connectivity index (χ2n) is 6.19. The van der Waals surface area contributed by atoms with E-state index in [1.807, 2.05) is 18.2 Å². The highest BCUT2D eigenvalue weighted by molar-refractivity contribution is 5.88. The molecule has 0 aliphatic carbocycles. The fraction of sp³-hybridized carbons (Fsp3) is 0.579. The number of carbonyl (C=O) groups is 1. The molecule has 0 radical (unpaired) electrons. The Balaban J connectivity index is 1.55. The van der Waals surface area contributed by atoms with E-state index < -0.39 is 0 Å². The topological polar surface area (TPSA) is 93.2 Å². The fourth-order valence-corrected chi connectivity index (χ4v) is 2.60. The van der Waals surface area contributed by atoms with E-state index in [2.05, 4.69) is 20.9 Å². The van der Waals surface area contributed by atoms with Gasteiger partial charge in [0, 0.05) is 45.5 Å². The molecule has 1 aromatic rings. The first-order valence-corrected chi connectivity index (χ1v) is 9.31. The number of amides is 1. The first kappa shape index (κ1) is 21.0. The molecule has 1 unspecified atom stereocenters. The van der Waals surface area contributed by atoms with Gasteiger partial charge in [-0.25, -0.2) is 0 Å². The van der Waals surface area contributed by atoms with Crippen molar-refractivity contribution in [2.24, 2.45) is 4.99 Å². The maximum atomic E-state index is 11.1. The van der Waals surface area contributed by atoms with Crippen LogP contribution in [-0.2, 0) is 14.3 Å². The monoisotopic (exact) mass is 378 g/mol. The number of benzene rings is 1. The zero-order chi connectivity index (χ0) is 19.3. The van der Waals surface area contributed by atoms with Gasteiger partial charge in [-0.05, 0) is 25.0 Å². The average molecular weight is 378 g/mol. The van der Waals surface area contributed by atoms with Crippen LogP contribution in [0, 0.1) is 0 Å². The largest absolute Gasteiger partial charge is 0.492 e. The van der Waals surface area contributed by atoms with E-state index >= 15 is 0 Å². The van der Waals surface area contributed by atoms with Gasteiger partial charge < -0.3 is 30.2 Å². The standard InChI is InChI=1S/C19H30N4O4/c1-15(24)23-16-5-3-6-17(13-16)27-12-9-22-19(20-2)21-8-4-10-26-18-7-11-25-14-18/h3,5-6,13,18H,4,7-12,14H2,1-2H3,(H,23,24)(H2,20,21,22). The van der Waals surface area contributed by atoms with Gasteiger partial charge in [0.05, 0.1) is 19.3 Å². The van der Waals surface area contributed by atoms with Crippen molar-refractivity contribution in [1.29, 1.82) is 0 Å². The van der Waals surface area contributed by atoms with Gasteiger partial charge in [0.25, 0.3) is 0 Å². The summed E-state index contributed by atoms with van der Waals surface area (Å²) in [6, 6.07) is 7.31. The lowest BCUT2D eigenvalue weighted by Gasteiger charge is -2.14. The van der Waals surface area contributed by atoms with Gasteiger partial charge in [-0.3, -0.25) is 9.79 Å². The molecule has 150 valence electrons. The molecule has 0 bridgehead atoms. The molecule has 8 nitrogen and oxygen atoms in total. The van der Waals surface area contributed by atoms with E-state index in [9.17, 15) is 4.79 Å². The van der Waals surface area contributed by atoms with Crippen LogP contribution in [0.25, 0.3) is 0 Å². The summed E-state index contributed by atoms with van der Waals surface area (Å²) < 4.78 is 16.7. The molecule has 0 saturated carbocycles. The molecule has 8 heteroatoms. The number of rotatable bonds is 10. The van der Waals surface area contributed by atoms with E-state index in [4.69, 9.17) is 14.2 Å². The maximum Gasteiger partial charge on any atom is 0.221 e.